The highest BCUT2D eigenvalue weighted by Gasteiger charge is 2.24. The first-order valence-electron chi connectivity index (χ1n) is 14.0. The molecule has 0 aliphatic heterocycles. The third-order valence-corrected chi connectivity index (χ3v) is 10.0. The fourth-order valence-corrected chi connectivity index (χ4v) is 7.20. The van der Waals surface area contributed by atoms with Gasteiger partial charge in [0, 0.05) is 10.8 Å². The van der Waals surface area contributed by atoms with Crippen molar-refractivity contribution in [3.63, 3.8) is 0 Å². The van der Waals surface area contributed by atoms with E-state index in [1.165, 1.54) is 30.3 Å². The number of hydrogen-bond acceptors (Lipinski definition) is 12. The molecule has 0 amide bonds. The summed E-state index contributed by atoms with van der Waals surface area (Å²) >= 11 is 0. The zero-order valence-corrected chi connectivity index (χ0v) is 27.5. The molecule has 0 bridgehead atoms. The van der Waals surface area contributed by atoms with Crippen LogP contribution in [0.3, 0.4) is 0 Å². The zero-order chi connectivity index (χ0) is 36.0. The molecule has 50 heavy (non-hydrogen) atoms. The zero-order valence-electron chi connectivity index (χ0n) is 25.0. The van der Waals surface area contributed by atoms with E-state index in [1.54, 1.807) is 54.6 Å². The maximum Gasteiger partial charge on any atom is 0.295 e. The van der Waals surface area contributed by atoms with Crippen molar-refractivity contribution in [3.05, 3.63) is 103 Å². The molecular formula is C32H22N4O11S3. The van der Waals surface area contributed by atoms with Crippen molar-refractivity contribution in [3.8, 4) is 22.6 Å². The Balaban J connectivity index is 1.27. The van der Waals surface area contributed by atoms with E-state index in [4.69, 9.17) is 0 Å². The molecule has 0 heterocycles. The second-order valence-electron chi connectivity index (χ2n) is 10.7. The van der Waals surface area contributed by atoms with Gasteiger partial charge in [-0.25, -0.2) is 0 Å². The van der Waals surface area contributed by atoms with Crippen LogP contribution in [0, 0.1) is 0 Å². The maximum absolute atomic E-state index is 12.1. The van der Waals surface area contributed by atoms with Crippen LogP contribution in [0.5, 0.6) is 11.5 Å². The second-order valence-corrected chi connectivity index (χ2v) is 14.9. The molecule has 0 spiro atoms. The fourth-order valence-electron chi connectivity index (χ4n) is 5.11. The minimum Gasteiger partial charge on any atom is -0.506 e. The van der Waals surface area contributed by atoms with Gasteiger partial charge in [0.05, 0.1) is 16.3 Å². The lowest BCUT2D eigenvalue weighted by Gasteiger charge is -2.10. The Morgan fingerprint density at radius 3 is 1.36 bits per heavy atom. The van der Waals surface area contributed by atoms with Gasteiger partial charge in [-0.2, -0.15) is 35.5 Å². The van der Waals surface area contributed by atoms with Gasteiger partial charge in [0.1, 0.15) is 32.7 Å². The Bertz CT molecular complexity index is 2730. The standard InChI is InChI=1S/C32H22N4O11S3/c37-25-14-8-20-2-1-3-27(49(42,43)44)29(20)31(25)35-33-22-10-4-18(5-11-22)19-6-12-23(13-7-19)34-36-32-26(38)15-9-21-16-24(48(39,40)41)17-28(30(21)32)50(45,46)47/h1-17,37-38H,(H,39,40,41)(H,42,43,44)(H,45,46,47). The Hall–Kier alpha value is -5.63. The van der Waals surface area contributed by atoms with Gasteiger partial charge in [0.2, 0.25) is 0 Å². The van der Waals surface area contributed by atoms with Gasteiger partial charge < -0.3 is 10.2 Å². The van der Waals surface area contributed by atoms with Gasteiger partial charge in [0.15, 0.2) is 0 Å². The van der Waals surface area contributed by atoms with E-state index in [1.807, 2.05) is 0 Å². The maximum atomic E-state index is 12.1. The second kappa shape index (κ2) is 12.7. The smallest absolute Gasteiger partial charge is 0.295 e. The number of benzene rings is 6. The largest absolute Gasteiger partial charge is 0.506 e. The fraction of sp³-hybridized carbons (Fsp3) is 0. The van der Waals surface area contributed by atoms with Crippen LogP contribution < -0.4 is 0 Å². The molecule has 18 heteroatoms. The lowest BCUT2D eigenvalue weighted by Crippen LogP contribution is -2.04. The first kappa shape index (κ1) is 34.2. The third kappa shape index (κ3) is 6.92. The number of phenolic OH excluding ortho intramolecular Hbond substituents is 2. The highest BCUT2D eigenvalue weighted by Crippen LogP contribution is 2.42. The molecule has 0 unspecified atom stereocenters. The molecule has 6 rings (SSSR count). The lowest BCUT2D eigenvalue weighted by atomic mass is 10.1. The van der Waals surface area contributed by atoms with Crippen molar-refractivity contribution in [2.45, 2.75) is 14.7 Å². The molecule has 0 saturated carbocycles. The SMILES string of the molecule is O=S(=O)(O)c1cc(S(=O)(=O)O)c2c(N=Nc3ccc(-c4ccc(N=Nc5c(O)ccc6cccc(S(=O)(=O)O)c56)cc4)cc3)c(O)ccc2c1. The van der Waals surface area contributed by atoms with Crippen molar-refractivity contribution in [2.75, 3.05) is 0 Å². The summed E-state index contributed by atoms with van der Waals surface area (Å²) in [5.41, 5.74) is 1.60. The molecule has 0 aliphatic carbocycles. The van der Waals surface area contributed by atoms with E-state index in [0.717, 1.165) is 23.3 Å². The van der Waals surface area contributed by atoms with E-state index in [-0.39, 0.29) is 39.0 Å². The first-order valence-corrected chi connectivity index (χ1v) is 18.3. The molecule has 0 aliphatic rings. The van der Waals surface area contributed by atoms with Gasteiger partial charge in [0.25, 0.3) is 30.4 Å². The van der Waals surface area contributed by atoms with Crippen LogP contribution in [-0.4, -0.2) is 49.1 Å². The minimum atomic E-state index is -5.05. The molecule has 15 nitrogen and oxygen atoms in total. The van der Waals surface area contributed by atoms with Crippen molar-refractivity contribution >= 4 is 74.6 Å². The summed E-state index contributed by atoms with van der Waals surface area (Å²) in [6.07, 6.45) is 0. The number of rotatable bonds is 8. The van der Waals surface area contributed by atoms with E-state index in [9.17, 15) is 49.1 Å². The van der Waals surface area contributed by atoms with Crippen LogP contribution in [0.15, 0.2) is 138 Å². The van der Waals surface area contributed by atoms with E-state index in [0.29, 0.717) is 17.1 Å². The normalized spacial score (nSPS) is 12.8. The summed E-state index contributed by atoms with van der Waals surface area (Å²) in [4.78, 5) is -2.14. The average Bonchev–Trinajstić information content (AvgIpc) is 3.06. The number of aromatic hydroxyl groups is 2. The topological polar surface area (TPSA) is 253 Å². The van der Waals surface area contributed by atoms with Gasteiger partial charge in [-0.05, 0) is 76.5 Å². The van der Waals surface area contributed by atoms with Crippen molar-refractivity contribution in [2.24, 2.45) is 20.5 Å². The van der Waals surface area contributed by atoms with Crippen molar-refractivity contribution in [1.82, 2.24) is 0 Å². The molecule has 0 aromatic heterocycles. The molecule has 6 aromatic carbocycles. The predicted molar refractivity (Wildman–Crippen MR) is 181 cm³/mol. The number of fused-ring (bicyclic) bond motifs is 2. The van der Waals surface area contributed by atoms with Crippen molar-refractivity contribution in [1.29, 1.82) is 0 Å². The van der Waals surface area contributed by atoms with E-state index < -0.39 is 50.8 Å². The lowest BCUT2D eigenvalue weighted by molar-refractivity contribution is 0.475. The van der Waals surface area contributed by atoms with Gasteiger partial charge in [-0.15, -0.1) is 10.2 Å². The highest BCUT2D eigenvalue weighted by atomic mass is 32.2. The molecule has 6 aromatic rings. The molecule has 5 N–H and O–H groups in total. The first-order chi connectivity index (χ1) is 23.5. The van der Waals surface area contributed by atoms with Crippen LogP contribution in [0.4, 0.5) is 22.7 Å². The van der Waals surface area contributed by atoms with E-state index in [2.05, 4.69) is 20.5 Å². The number of nitrogens with zero attached hydrogens (tertiary/aromatic N) is 4. The highest BCUT2D eigenvalue weighted by molar-refractivity contribution is 7.87. The molecule has 0 atom stereocenters. The monoisotopic (exact) mass is 734 g/mol. The summed E-state index contributed by atoms with van der Waals surface area (Å²) in [5, 5.41) is 37.1. The van der Waals surface area contributed by atoms with Gasteiger partial charge in [-0.1, -0.05) is 48.5 Å². The number of phenols is 2. The summed E-state index contributed by atoms with van der Waals surface area (Å²) in [5.74, 6) is -0.860. The van der Waals surface area contributed by atoms with Crippen LogP contribution in [0.1, 0.15) is 0 Å². The third-order valence-electron chi connectivity index (χ3n) is 7.42. The number of hydrogen-bond donors (Lipinski definition) is 5. The summed E-state index contributed by atoms with van der Waals surface area (Å²) in [6.45, 7) is 0. The minimum absolute atomic E-state index is 0.00781. The molecule has 254 valence electrons. The number of azo groups is 2. The van der Waals surface area contributed by atoms with E-state index >= 15 is 0 Å². The Morgan fingerprint density at radius 1 is 0.440 bits per heavy atom. The van der Waals surface area contributed by atoms with Gasteiger partial charge in [-0.3, -0.25) is 13.7 Å². The van der Waals surface area contributed by atoms with Crippen LogP contribution in [0.25, 0.3) is 32.7 Å². The Kier molecular flexibility index (Phi) is 8.68. The summed E-state index contributed by atoms with van der Waals surface area (Å²) in [7, 11) is -14.5. The molecule has 0 saturated heterocycles. The average molecular weight is 735 g/mol. The van der Waals surface area contributed by atoms with Crippen LogP contribution >= 0.6 is 0 Å². The summed E-state index contributed by atoms with van der Waals surface area (Å²) < 4.78 is 100. The summed E-state index contributed by atoms with van der Waals surface area (Å²) in [6, 6.07) is 24.1. The predicted octanol–water partition coefficient (Wildman–Crippen LogP) is 7.64. The van der Waals surface area contributed by atoms with Crippen LogP contribution in [-0.2, 0) is 30.4 Å². The van der Waals surface area contributed by atoms with Gasteiger partial charge >= 0.3 is 0 Å². The molecular weight excluding hydrogens is 713 g/mol. The molecule has 0 radical (unpaired) electrons. The van der Waals surface area contributed by atoms with Crippen molar-refractivity contribution < 1.29 is 49.1 Å². The molecule has 0 fully saturated rings. The van der Waals surface area contributed by atoms with Crippen LogP contribution in [0.2, 0.25) is 0 Å². The Labute approximate surface area is 283 Å². The Morgan fingerprint density at radius 2 is 0.900 bits per heavy atom. The quantitative estimate of drug-likeness (QED) is 0.0750.